The van der Waals surface area contributed by atoms with Crippen LogP contribution < -0.4 is 10.1 Å². The maximum Gasteiger partial charge on any atom is 0.264 e. The average Bonchev–Trinajstić information content (AvgIpc) is 3.09. The van der Waals surface area contributed by atoms with E-state index in [1.807, 2.05) is 37.3 Å². The first kappa shape index (κ1) is 18.7. The molecule has 2 heterocycles. The molecule has 5 nitrogen and oxygen atoms in total. The number of fused-ring (bicyclic) bond motifs is 1. The summed E-state index contributed by atoms with van der Waals surface area (Å²) in [7, 11) is 0. The van der Waals surface area contributed by atoms with Crippen LogP contribution in [0.15, 0.2) is 54.6 Å². The largest absolute Gasteiger partial charge is 0.484 e. The fourth-order valence-electron chi connectivity index (χ4n) is 3.29. The quantitative estimate of drug-likeness (QED) is 0.687. The number of hydrogen-bond acceptors (Lipinski definition) is 5. The van der Waals surface area contributed by atoms with E-state index in [0.29, 0.717) is 10.9 Å². The number of hydrogen-bond donors (Lipinski definition) is 1. The summed E-state index contributed by atoms with van der Waals surface area (Å²) >= 11 is 1.56. The summed E-state index contributed by atoms with van der Waals surface area (Å²) in [5.74, 6) is 0.513. The number of aryl methyl sites for hydroxylation is 1. The van der Waals surface area contributed by atoms with Gasteiger partial charge in [-0.15, -0.1) is 11.3 Å². The molecular formula is C22H23N3O2S. The zero-order chi connectivity index (χ0) is 19.3. The van der Waals surface area contributed by atoms with Crippen molar-refractivity contribution in [2.75, 3.05) is 18.5 Å². The molecule has 0 saturated heterocycles. The van der Waals surface area contributed by atoms with Crippen LogP contribution in [0, 0.1) is 6.92 Å². The fourth-order valence-corrected chi connectivity index (χ4v) is 4.35. The van der Waals surface area contributed by atoms with Crippen LogP contribution in [0.4, 0.5) is 5.13 Å². The van der Waals surface area contributed by atoms with Crippen molar-refractivity contribution in [3.05, 3.63) is 76.3 Å². The van der Waals surface area contributed by atoms with Crippen LogP contribution in [0.3, 0.4) is 0 Å². The van der Waals surface area contributed by atoms with E-state index in [1.54, 1.807) is 11.3 Å². The Morgan fingerprint density at radius 1 is 1.21 bits per heavy atom. The van der Waals surface area contributed by atoms with Gasteiger partial charge in [-0.25, -0.2) is 4.98 Å². The second-order valence-corrected chi connectivity index (χ2v) is 8.07. The van der Waals surface area contributed by atoms with Crippen LogP contribution in [0.2, 0.25) is 0 Å². The molecule has 1 amide bonds. The van der Waals surface area contributed by atoms with Crippen LogP contribution in [-0.4, -0.2) is 28.9 Å². The fraction of sp³-hybridized carbons (Fsp3) is 0.273. The maximum atomic E-state index is 12.2. The molecule has 0 fully saturated rings. The van der Waals surface area contributed by atoms with Gasteiger partial charge in [-0.05, 0) is 30.2 Å². The molecule has 0 radical (unpaired) electrons. The van der Waals surface area contributed by atoms with Crippen LogP contribution in [0.5, 0.6) is 5.75 Å². The van der Waals surface area contributed by atoms with Gasteiger partial charge >= 0.3 is 0 Å². The Kier molecular flexibility index (Phi) is 5.69. The summed E-state index contributed by atoms with van der Waals surface area (Å²) in [6.45, 7) is 4.76. The van der Waals surface area contributed by atoms with Crippen molar-refractivity contribution in [2.45, 2.75) is 26.4 Å². The number of amides is 1. The summed E-state index contributed by atoms with van der Waals surface area (Å²) in [5, 5.41) is 3.53. The number of carbonyl (C=O) groups excluding carboxylic acids is 1. The van der Waals surface area contributed by atoms with Gasteiger partial charge in [0.1, 0.15) is 5.75 Å². The van der Waals surface area contributed by atoms with Crippen molar-refractivity contribution < 1.29 is 9.53 Å². The Balaban J connectivity index is 1.32. The lowest BCUT2D eigenvalue weighted by atomic mass is 10.1. The molecule has 1 aliphatic rings. The van der Waals surface area contributed by atoms with Gasteiger partial charge in [-0.2, -0.15) is 0 Å². The summed E-state index contributed by atoms with van der Waals surface area (Å²) in [4.78, 5) is 20.5. The third kappa shape index (κ3) is 4.77. The summed E-state index contributed by atoms with van der Waals surface area (Å²) in [6.07, 6.45) is 0.911. The van der Waals surface area contributed by atoms with E-state index in [2.05, 4.69) is 39.5 Å². The number of nitrogens with one attached hydrogen (secondary N) is 1. The van der Waals surface area contributed by atoms with E-state index in [0.717, 1.165) is 37.3 Å². The monoisotopic (exact) mass is 393 g/mol. The molecule has 2 aromatic carbocycles. The minimum Gasteiger partial charge on any atom is -0.484 e. The number of rotatable bonds is 6. The Morgan fingerprint density at radius 2 is 2.07 bits per heavy atom. The summed E-state index contributed by atoms with van der Waals surface area (Å²) in [5.41, 5.74) is 3.52. The molecule has 0 unspecified atom stereocenters. The molecule has 1 N–H and O–H groups in total. The number of nitrogens with zero attached hydrogens (tertiary/aromatic N) is 2. The SMILES string of the molecule is Cc1cccc(OCC(=O)Nc2nc3c(s2)CN(Cc2ccccc2)CC3)c1. The molecular weight excluding hydrogens is 370 g/mol. The highest BCUT2D eigenvalue weighted by molar-refractivity contribution is 7.15. The molecule has 0 saturated carbocycles. The van der Waals surface area contributed by atoms with E-state index in [-0.39, 0.29) is 12.5 Å². The number of anilines is 1. The highest BCUT2D eigenvalue weighted by Gasteiger charge is 2.21. The topological polar surface area (TPSA) is 54.5 Å². The van der Waals surface area contributed by atoms with Gasteiger partial charge in [0.25, 0.3) is 5.91 Å². The molecule has 144 valence electrons. The summed E-state index contributed by atoms with van der Waals surface area (Å²) in [6, 6.07) is 18.2. The Hall–Kier alpha value is -2.70. The third-order valence-electron chi connectivity index (χ3n) is 4.67. The van der Waals surface area contributed by atoms with Crippen LogP contribution in [-0.2, 0) is 24.3 Å². The lowest BCUT2D eigenvalue weighted by Crippen LogP contribution is -2.29. The van der Waals surface area contributed by atoms with Gasteiger partial charge in [0.05, 0.1) is 5.69 Å². The zero-order valence-electron chi connectivity index (χ0n) is 15.9. The first-order valence-corrected chi connectivity index (χ1v) is 10.2. The van der Waals surface area contributed by atoms with Crippen LogP contribution in [0.25, 0.3) is 0 Å². The number of benzene rings is 2. The van der Waals surface area contributed by atoms with E-state index >= 15 is 0 Å². The van der Waals surface area contributed by atoms with Gasteiger partial charge < -0.3 is 4.74 Å². The minimum absolute atomic E-state index is 0.0200. The average molecular weight is 394 g/mol. The number of aromatic nitrogens is 1. The van der Waals surface area contributed by atoms with Gasteiger partial charge in [0.2, 0.25) is 0 Å². The van der Waals surface area contributed by atoms with E-state index < -0.39 is 0 Å². The molecule has 1 aromatic heterocycles. The standard InChI is InChI=1S/C22H23N3O2S/c1-16-6-5-9-18(12-16)27-15-21(26)24-22-23-19-10-11-25(14-20(19)28-22)13-17-7-3-2-4-8-17/h2-9,12H,10-11,13-15H2,1H3,(H,23,24,26). The molecule has 1 aliphatic heterocycles. The molecule has 0 atom stereocenters. The van der Waals surface area contributed by atoms with Crippen molar-refractivity contribution in [1.29, 1.82) is 0 Å². The van der Waals surface area contributed by atoms with Crippen molar-refractivity contribution >= 4 is 22.4 Å². The number of thiazole rings is 1. The predicted molar refractivity (Wildman–Crippen MR) is 112 cm³/mol. The predicted octanol–water partition coefficient (Wildman–Crippen LogP) is 4.03. The molecule has 0 aliphatic carbocycles. The highest BCUT2D eigenvalue weighted by atomic mass is 32.1. The Morgan fingerprint density at radius 3 is 2.89 bits per heavy atom. The molecule has 0 bridgehead atoms. The first-order valence-electron chi connectivity index (χ1n) is 9.40. The second kappa shape index (κ2) is 8.54. The Labute approximate surface area is 169 Å². The number of carbonyl (C=O) groups is 1. The van der Waals surface area contributed by atoms with Crippen molar-refractivity contribution in [2.24, 2.45) is 0 Å². The zero-order valence-corrected chi connectivity index (χ0v) is 16.7. The summed E-state index contributed by atoms with van der Waals surface area (Å²) < 4.78 is 5.56. The molecule has 6 heteroatoms. The van der Waals surface area contributed by atoms with Gasteiger partial charge in [0.15, 0.2) is 11.7 Å². The molecule has 4 rings (SSSR count). The molecule has 0 spiro atoms. The maximum absolute atomic E-state index is 12.2. The molecule has 28 heavy (non-hydrogen) atoms. The van der Waals surface area contributed by atoms with Gasteiger partial charge in [-0.1, -0.05) is 42.5 Å². The van der Waals surface area contributed by atoms with Crippen molar-refractivity contribution in [1.82, 2.24) is 9.88 Å². The lowest BCUT2D eigenvalue weighted by Gasteiger charge is -2.25. The van der Waals surface area contributed by atoms with E-state index in [1.165, 1.54) is 10.4 Å². The van der Waals surface area contributed by atoms with Crippen molar-refractivity contribution in [3.8, 4) is 5.75 Å². The minimum atomic E-state index is -0.186. The van der Waals surface area contributed by atoms with Crippen LogP contribution >= 0.6 is 11.3 Å². The molecule has 3 aromatic rings. The number of ether oxygens (including phenoxy) is 1. The normalized spacial score (nSPS) is 13.8. The Bertz CT molecular complexity index is 955. The first-order chi connectivity index (χ1) is 13.7. The van der Waals surface area contributed by atoms with Crippen LogP contribution in [0.1, 0.15) is 21.7 Å². The smallest absolute Gasteiger partial charge is 0.264 e. The second-order valence-electron chi connectivity index (χ2n) is 6.99. The highest BCUT2D eigenvalue weighted by Crippen LogP contribution is 2.29. The van der Waals surface area contributed by atoms with Gasteiger partial charge in [-0.3, -0.25) is 15.0 Å². The lowest BCUT2D eigenvalue weighted by molar-refractivity contribution is -0.118. The van der Waals surface area contributed by atoms with E-state index in [9.17, 15) is 4.79 Å². The van der Waals surface area contributed by atoms with Crippen molar-refractivity contribution in [3.63, 3.8) is 0 Å². The van der Waals surface area contributed by atoms with Gasteiger partial charge in [0, 0.05) is 30.9 Å². The van der Waals surface area contributed by atoms with E-state index in [4.69, 9.17) is 4.74 Å². The third-order valence-corrected chi connectivity index (χ3v) is 5.66.